The Hall–Kier alpha value is -3.13. The lowest BCUT2D eigenvalue weighted by Crippen LogP contribution is -2.46. The second-order valence-electron chi connectivity index (χ2n) is 10.6. The van der Waals surface area contributed by atoms with Crippen molar-refractivity contribution in [2.75, 3.05) is 38.5 Å². The van der Waals surface area contributed by atoms with E-state index < -0.39 is 77.4 Å². The molecule has 26 heteroatoms. The highest BCUT2D eigenvalue weighted by atomic mass is 31.3. The second kappa shape index (κ2) is 16.0. The number of phosphoric ester groups is 2. The minimum Gasteiger partial charge on any atom is -0.394 e. The van der Waals surface area contributed by atoms with E-state index in [0.717, 1.165) is 10.9 Å². The summed E-state index contributed by atoms with van der Waals surface area (Å²) in [4.78, 5) is 49.3. The molecule has 0 radical (unpaired) electrons. The van der Waals surface area contributed by atoms with Gasteiger partial charge in [-0.3, -0.25) is 28.0 Å². The van der Waals surface area contributed by atoms with Crippen molar-refractivity contribution in [2.45, 2.75) is 49.3 Å². The van der Waals surface area contributed by atoms with Crippen LogP contribution in [0.15, 0.2) is 37.2 Å². The maximum absolute atomic E-state index is 12.6. The molecule has 276 valence electrons. The number of ether oxygens (including phenoxy) is 3. The van der Waals surface area contributed by atoms with Crippen LogP contribution >= 0.6 is 15.6 Å². The van der Waals surface area contributed by atoms with Gasteiger partial charge in [0, 0.05) is 6.07 Å². The van der Waals surface area contributed by atoms with Crippen LogP contribution in [0.4, 0.5) is 5.82 Å². The van der Waals surface area contributed by atoms with Gasteiger partial charge in [0.1, 0.15) is 36.3 Å². The van der Waals surface area contributed by atoms with Crippen LogP contribution in [-0.4, -0.2) is 131 Å². The molecule has 2 aliphatic heterocycles. The van der Waals surface area contributed by atoms with Crippen LogP contribution in [0.2, 0.25) is 0 Å². The Morgan fingerprint density at radius 2 is 1.80 bits per heavy atom. The number of rotatable bonds is 17. The summed E-state index contributed by atoms with van der Waals surface area (Å²) in [6, 6.07) is 2.73. The topological polar surface area (TPSA) is 343 Å². The Labute approximate surface area is 280 Å². The highest BCUT2D eigenvalue weighted by Crippen LogP contribution is 2.61. The fraction of sp³-hybridized carbons (Fsp3) is 0.542. The zero-order valence-corrected chi connectivity index (χ0v) is 27.3. The lowest BCUT2D eigenvalue weighted by Gasteiger charge is -2.21. The van der Waals surface area contributed by atoms with Gasteiger partial charge >= 0.3 is 15.6 Å². The van der Waals surface area contributed by atoms with Crippen LogP contribution < -0.4 is 15.8 Å². The molecule has 1 amide bonds. The number of imidazole rings is 1. The second-order valence-corrected chi connectivity index (χ2v) is 13.6. The highest BCUT2D eigenvalue weighted by molar-refractivity contribution is 7.61. The van der Waals surface area contributed by atoms with Crippen molar-refractivity contribution < 1.29 is 86.2 Å². The predicted octanol–water partition coefficient (Wildman–Crippen LogP) is -3.29. The first kappa shape index (κ1) is 38.1. The van der Waals surface area contributed by atoms with Gasteiger partial charge in [-0.2, -0.15) is 8.88 Å². The number of fused-ring (bicyclic) bond motifs is 1. The number of hydrogen-bond donors (Lipinski definition) is 9. The molecule has 24 nitrogen and oxygen atoms in total. The molecule has 2 aliphatic rings. The standard InChI is InChI=1S/C24H33N7O17P2/c25-19(37)12-2-1-3-30(8-12)22-17(35)18(36)24(46-22)47-50(40,41)48-49(38,39)44-9-13-15(33)16(34)23(45-13)31-11-28-14-20(26-10-27-21(14)31)29-43-7-6-42-5-4-32/h1-3,8,10-11,13,15-18,22-24,32-36H,4-7,9H2,(H4-,25,26,27,29,37,38,39,40,41)/p+1/t13-,15-,16-,17+,18-,22+,23-,24+/m0/s1. The minimum atomic E-state index is -5.59. The number of nitrogens with one attached hydrogen (secondary N) is 1. The molecule has 0 aliphatic carbocycles. The van der Waals surface area contributed by atoms with Gasteiger partial charge in [-0.1, -0.05) is 0 Å². The molecule has 3 aromatic heterocycles. The van der Waals surface area contributed by atoms with E-state index in [1.54, 1.807) is 0 Å². The number of hydrogen-bond acceptors (Lipinski definition) is 19. The largest absolute Gasteiger partial charge is 0.483 e. The number of carbonyl (C=O) groups is 1. The zero-order valence-electron chi connectivity index (χ0n) is 25.5. The fourth-order valence-corrected chi connectivity index (χ4v) is 6.98. The number of amides is 1. The number of anilines is 1. The van der Waals surface area contributed by atoms with E-state index in [4.69, 9.17) is 34.4 Å². The van der Waals surface area contributed by atoms with E-state index in [1.807, 2.05) is 0 Å². The van der Waals surface area contributed by atoms with E-state index in [2.05, 4.69) is 29.3 Å². The number of aliphatic hydroxyl groups is 5. The van der Waals surface area contributed by atoms with Gasteiger partial charge in [-0.15, -0.1) is 0 Å². The van der Waals surface area contributed by atoms with Gasteiger partial charge < -0.3 is 50.5 Å². The summed E-state index contributed by atoms with van der Waals surface area (Å²) in [5, 5.41) is 50.7. The molecular formula is C24H34N7O17P2+. The molecule has 0 saturated carbocycles. The number of aromatic nitrogens is 5. The Morgan fingerprint density at radius 3 is 2.54 bits per heavy atom. The van der Waals surface area contributed by atoms with Crippen LogP contribution in [0.5, 0.6) is 0 Å². The molecule has 2 unspecified atom stereocenters. The van der Waals surface area contributed by atoms with Crippen molar-refractivity contribution in [3.8, 4) is 0 Å². The average molecular weight is 755 g/mol. The molecule has 5 heterocycles. The Balaban J connectivity index is 1.17. The van der Waals surface area contributed by atoms with Gasteiger partial charge in [0.05, 0.1) is 39.4 Å². The first-order valence-electron chi connectivity index (χ1n) is 14.5. The van der Waals surface area contributed by atoms with E-state index >= 15 is 0 Å². The molecule has 2 fully saturated rings. The number of phosphoric acid groups is 2. The van der Waals surface area contributed by atoms with Crippen molar-refractivity contribution in [1.82, 2.24) is 19.5 Å². The van der Waals surface area contributed by atoms with Crippen LogP contribution in [-0.2, 0) is 41.5 Å². The van der Waals surface area contributed by atoms with Gasteiger partial charge in [0.15, 0.2) is 41.7 Å². The van der Waals surface area contributed by atoms with E-state index in [0.29, 0.717) is 0 Å². The number of aliphatic hydroxyl groups excluding tert-OH is 5. The van der Waals surface area contributed by atoms with E-state index in [-0.39, 0.29) is 49.0 Å². The fourth-order valence-electron chi connectivity index (χ4n) is 4.83. The lowest BCUT2D eigenvalue weighted by molar-refractivity contribution is -0.767. The maximum atomic E-state index is 12.6. The van der Waals surface area contributed by atoms with Crippen molar-refractivity contribution in [3.05, 3.63) is 42.7 Å². The molecule has 50 heavy (non-hydrogen) atoms. The summed E-state index contributed by atoms with van der Waals surface area (Å²) < 4.78 is 57.3. The Bertz CT molecular complexity index is 1740. The van der Waals surface area contributed by atoms with Crippen LogP contribution in [0.1, 0.15) is 22.8 Å². The summed E-state index contributed by atoms with van der Waals surface area (Å²) in [6.07, 6.45) is -8.64. The van der Waals surface area contributed by atoms with Crippen molar-refractivity contribution in [3.63, 3.8) is 0 Å². The highest BCUT2D eigenvalue weighted by Gasteiger charge is 2.53. The smallest absolute Gasteiger partial charge is 0.394 e. The molecule has 10 N–H and O–H groups in total. The van der Waals surface area contributed by atoms with Crippen molar-refractivity contribution in [1.29, 1.82) is 0 Å². The predicted molar refractivity (Wildman–Crippen MR) is 158 cm³/mol. The first-order valence-corrected chi connectivity index (χ1v) is 17.5. The quantitative estimate of drug-likeness (QED) is 0.0282. The summed E-state index contributed by atoms with van der Waals surface area (Å²) in [5.41, 5.74) is 8.12. The maximum Gasteiger partial charge on any atom is 0.483 e. The third kappa shape index (κ3) is 8.83. The van der Waals surface area contributed by atoms with Gasteiger partial charge in [0.2, 0.25) is 6.29 Å². The third-order valence-electron chi connectivity index (χ3n) is 7.14. The number of nitrogens with two attached hydrogens (primary N) is 1. The van der Waals surface area contributed by atoms with E-state index in [9.17, 15) is 44.1 Å². The summed E-state index contributed by atoms with van der Waals surface area (Å²) in [6.45, 7) is -0.701. The number of carbonyl (C=O) groups excluding carboxylic acids is 1. The first-order chi connectivity index (χ1) is 23.7. The van der Waals surface area contributed by atoms with E-state index in [1.165, 1.54) is 35.4 Å². The van der Waals surface area contributed by atoms with Crippen molar-refractivity contribution >= 4 is 38.5 Å². The summed E-state index contributed by atoms with van der Waals surface area (Å²) >= 11 is 0. The molecule has 3 aromatic rings. The Kier molecular flexibility index (Phi) is 12.2. The van der Waals surface area contributed by atoms with Crippen LogP contribution in [0, 0.1) is 0 Å². The van der Waals surface area contributed by atoms with Gasteiger partial charge in [-0.05, 0) is 6.07 Å². The molecule has 0 spiro atoms. The average Bonchev–Trinajstić information content (AvgIpc) is 3.71. The van der Waals surface area contributed by atoms with Gasteiger partial charge in [-0.25, -0.2) is 29.6 Å². The van der Waals surface area contributed by atoms with Crippen LogP contribution in [0.25, 0.3) is 11.2 Å². The van der Waals surface area contributed by atoms with Crippen LogP contribution in [0.3, 0.4) is 0 Å². The monoisotopic (exact) mass is 754 g/mol. The van der Waals surface area contributed by atoms with Crippen molar-refractivity contribution in [2.24, 2.45) is 5.73 Å². The normalized spacial score (nSPS) is 29.2. The molecule has 0 aromatic carbocycles. The Morgan fingerprint density at radius 1 is 1.02 bits per heavy atom. The number of pyridine rings is 1. The number of nitrogens with zero attached hydrogens (tertiary/aromatic N) is 5. The molecule has 5 rings (SSSR count). The molecule has 0 bridgehead atoms. The molecule has 10 atom stereocenters. The third-order valence-corrected chi connectivity index (χ3v) is 9.75. The SMILES string of the molecule is NC(=O)c1ccc[n+]([C@@H]2O[C@H](OP(=O)(O)OP(=O)(O)OC[C@@H]3O[C@H](n4cnc5c(NOCCOCCO)ncnc54)[C@@H](O)[C@H]3O)[C@@H](O)[C@H]2O)c1. The summed E-state index contributed by atoms with van der Waals surface area (Å²) in [7, 11) is -11.1. The molecule has 2 saturated heterocycles. The lowest BCUT2D eigenvalue weighted by atomic mass is 10.1. The zero-order chi connectivity index (χ0) is 36.2. The number of primary amides is 1. The van der Waals surface area contributed by atoms with Gasteiger partial charge in [0.25, 0.3) is 12.1 Å². The molecular weight excluding hydrogens is 720 g/mol. The minimum absolute atomic E-state index is 0.00454. The summed E-state index contributed by atoms with van der Waals surface area (Å²) in [5.74, 6) is -0.682.